The topological polar surface area (TPSA) is 29.5 Å². The van der Waals surface area contributed by atoms with Crippen molar-refractivity contribution in [1.82, 2.24) is 4.90 Å². The summed E-state index contributed by atoms with van der Waals surface area (Å²) in [6.45, 7) is 10.4. The zero-order valence-electron chi connectivity index (χ0n) is 18.1. The Morgan fingerprint density at radius 2 is 2.04 bits per heavy atom. The fourth-order valence-corrected chi connectivity index (χ4v) is 5.52. The number of ketones is 1. The fourth-order valence-electron chi connectivity index (χ4n) is 5.52. The summed E-state index contributed by atoms with van der Waals surface area (Å²) in [5.41, 5.74) is 3.10. The summed E-state index contributed by atoms with van der Waals surface area (Å²) in [7, 11) is 4.01. The van der Waals surface area contributed by atoms with Gasteiger partial charge in [-0.25, -0.2) is 0 Å². The lowest BCUT2D eigenvalue weighted by atomic mass is 9.49. The predicted molar refractivity (Wildman–Crippen MR) is 112 cm³/mol. The largest absolute Gasteiger partial charge is 0.497 e. The average Bonchev–Trinajstić information content (AvgIpc) is 2.64. The smallest absolute Gasteiger partial charge is 0.132 e. The molecule has 3 heteroatoms. The monoisotopic (exact) mass is 371 g/mol. The molecule has 1 unspecified atom stereocenters. The van der Waals surface area contributed by atoms with Crippen molar-refractivity contribution in [3.05, 3.63) is 29.3 Å². The van der Waals surface area contributed by atoms with Gasteiger partial charge in [0.25, 0.3) is 0 Å². The van der Waals surface area contributed by atoms with E-state index in [1.54, 1.807) is 7.11 Å². The van der Waals surface area contributed by atoms with Crippen LogP contribution in [0.25, 0.3) is 0 Å². The number of methoxy groups -OCH3 is 1. The molecule has 0 N–H and O–H groups in total. The molecule has 3 nitrogen and oxygen atoms in total. The molecule has 1 aliphatic heterocycles. The first kappa shape index (κ1) is 20.4. The Balaban J connectivity index is 1.90. The van der Waals surface area contributed by atoms with Gasteiger partial charge in [0.15, 0.2) is 0 Å². The van der Waals surface area contributed by atoms with E-state index in [-0.39, 0.29) is 10.8 Å². The van der Waals surface area contributed by atoms with Crippen LogP contribution < -0.4 is 4.74 Å². The minimum atomic E-state index is 0.0879. The second-order valence-electron chi connectivity index (χ2n) is 9.69. The maximum atomic E-state index is 12.6. The van der Waals surface area contributed by atoms with E-state index in [9.17, 15) is 4.79 Å². The van der Waals surface area contributed by atoms with Crippen LogP contribution >= 0.6 is 0 Å². The third-order valence-corrected chi connectivity index (χ3v) is 7.74. The number of fused-ring (bicyclic) bond motifs is 4. The molecule has 1 aromatic rings. The fraction of sp³-hybridized carbons (Fsp3) is 0.708. The summed E-state index contributed by atoms with van der Waals surface area (Å²) in [5.74, 6) is 1.98. The summed E-state index contributed by atoms with van der Waals surface area (Å²) in [6, 6.07) is 7.10. The zero-order valence-corrected chi connectivity index (χ0v) is 18.1. The summed E-state index contributed by atoms with van der Waals surface area (Å²) < 4.78 is 5.54. The maximum absolute atomic E-state index is 12.6. The Kier molecular flexibility index (Phi) is 5.72. The molecule has 0 amide bonds. The number of carbonyl (C=O) groups is 1. The number of Topliss-reactive ketones (excluding diaryl/α,β-unsaturated/α-hetero) is 1. The third-order valence-electron chi connectivity index (χ3n) is 7.74. The number of benzene rings is 1. The molecule has 0 saturated carbocycles. The van der Waals surface area contributed by atoms with Gasteiger partial charge in [-0.3, -0.25) is 4.79 Å². The van der Waals surface area contributed by atoms with E-state index in [1.165, 1.54) is 11.1 Å². The van der Waals surface area contributed by atoms with Gasteiger partial charge in [-0.05, 0) is 73.9 Å². The molecule has 0 spiro atoms. The molecule has 2 aliphatic rings. The highest BCUT2D eigenvalue weighted by Crippen LogP contribution is 2.58. The molecule has 1 saturated heterocycles. The van der Waals surface area contributed by atoms with Gasteiger partial charge >= 0.3 is 0 Å². The van der Waals surface area contributed by atoms with Crippen molar-refractivity contribution in [2.45, 2.75) is 77.7 Å². The molecule has 27 heavy (non-hydrogen) atoms. The number of nitrogens with zero attached hydrogens (tertiary/aromatic N) is 1. The molecule has 1 aromatic carbocycles. The Bertz CT molecular complexity index is 698. The molecule has 150 valence electrons. The minimum Gasteiger partial charge on any atom is -0.497 e. The van der Waals surface area contributed by atoms with Gasteiger partial charge in [-0.15, -0.1) is 0 Å². The van der Waals surface area contributed by atoms with Gasteiger partial charge in [-0.1, -0.05) is 33.8 Å². The highest BCUT2D eigenvalue weighted by molar-refractivity contribution is 5.78. The Labute approximate surface area is 165 Å². The quantitative estimate of drug-likeness (QED) is 0.675. The number of hydrogen-bond acceptors (Lipinski definition) is 3. The molecule has 3 rings (SSSR count). The predicted octanol–water partition coefficient (Wildman–Crippen LogP) is 5.00. The molecule has 1 fully saturated rings. The molecule has 0 radical (unpaired) electrons. The second kappa shape index (κ2) is 7.58. The average molecular weight is 372 g/mol. The molecular formula is C24H37NO2. The van der Waals surface area contributed by atoms with Crippen LogP contribution in [0.15, 0.2) is 18.2 Å². The van der Waals surface area contributed by atoms with Crippen molar-refractivity contribution in [2.75, 3.05) is 20.7 Å². The van der Waals surface area contributed by atoms with E-state index in [2.05, 4.69) is 57.8 Å². The number of likely N-dealkylation sites (N-methyl/N-ethyl adjacent to an activating group) is 1. The van der Waals surface area contributed by atoms with Crippen molar-refractivity contribution in [3.8, 4) is 5.75 Å². The highest BCUT2D eigenvalue weighted by atomic mass is 16.5. The first-order valence-electron chi connectivity index (χ1n) is 10.6. The van der Waals surface area contributed by atoms with Crippen molar-refractivity contribution < 1.29 is 9.53 Å². The lowest BCUT2D eigenvalue weighted by molar-refractivity contribution is -0.121. The van der Waals surface area contributed by atoms with Gasteiger partial charge in [0, 0.05) is 24.3 Å². The van der Waals surface area contributed by atoms with Crippen LogP contribution in [0.4, 0.5) is 0 Å². The summed E-state index contributed by atoms with van der Waals surface area (Å²) >= 11 is 0. The van der Waals surface area contributed by atoms with Crippen LogP contribution in [0, 0.1) is 11.3 Å². The van der Waals surface area contributed by atoms with Gasteiger partial charge in [-0.2, -0.15) is 0 Å². The van der Waals surface area contributed by atoms with Crippen LogP contribution in [0.5, 0.6) is 5.75 Å². The van der Waals surface area contributed by atoms with E-state index in [4.69, 9.17) is 4.74 Å². The summed E-state index contributed by atoms with van der Waals surface area (Å²) in [6.07, 6.45) is 5.64. The highest BCUT2D eigenvalue weighted by Gasteiger charge is 2.57. The Morgan fingerprint density at radius 1 is 1.30 bits per heavy atom. The van der Waals surface area contributed by atoms with Gasteiger partial charge in [0.1, 0.15) is 11.5 Å². The van der Waals surface area contributed by atoms with E-state index < -0.39 is 0 Å². The van der Waals surface area contributed by atoms with E-state index in [1.807, 2.05) is 0 Å². The van der Waals surface area contributed by atoms with E-state index in [0.29, 0.717) is 24.2 Å². The first-order chi connectivity index (χ1) is 12.7. The van der Waals surface area contributed by atoms with Crippen molar-refractivity contribution >= 4 is 5.78 Å². The van der Waals surface area contributed by atoms with Crippen molar-refractivity contribution in [1.29, 1.82) is 0 Å². The van der Waals surface area contributed by atoms with Crippen LogP contribution in [0.1, 0.15) is 70.9 Å². The number of carbonyl (C=O) groups excluding carboxylic acids is 1. The van der Waals surface area contributed by atoms with Crippen LogP contribution in [-0.4, -0.2) is 37.4 Å². The minimum absolute atomic E-state index is 0.0879. The van der Waals surface area contributed by atoms with Crippen molar-refractivity contribution in [3.63, 3.8) is 0 Å². The number of hydrogen-bond donors (Lipinski definition) is 0. The Hall–Kier alpha value is -1.35. The molecular weight excluding hydrogens is 334 g/mol. The standard InChI is InChI=1S/C24H37NO2/c1-17(2)7-9-19(26)11-12-24(4)22-15-18-8-10-20(27-6)16-21(18)23(24,3)13-14-25(22)5/h8,10,16-17,22H,7,9,11-15H2,1-6H3/t22?,23-,24-/m1/s1. The summed E-state index contributed by atoms with van der Waals surface area (Å²) in [5, 5.41) is 0. The van der Waals surface area contributed by atoms with Crippen LogP contribution in [0.3, 0.4) is 0 Å². The van der Waals surface area contributed by atoms with Crippen molar-refractivity contribution in [2.24, 2.45) is 11.3 Å². The van der Waals surface area contributed by atoms with E-state index in [0.717, 1.165) is 44.4 Å². The lowest BCUT2D eigenvalue weighted by Gasteiger charge is -2.62. The number of piperidine rings is 1. The normalized spacial score (nSPS) is 30.3. The maximum Gasteiger partial charge on any atom is 0.132 e. The third kappa shape index (κ3) is 3.55. The molecule has 1 aliphatic carbocycles. The number of likely N-dealkylation sites (tertiary alicyclic amines) is 1. The van der Waals surface area contributed by atoms with Gasteiger partial charge in [0.2, 0.25) is 0 Å². The second-order valence-corrected chi connectivity index (χ2v) is 9.69. The zero-order chi connectivity index (χ0) is 19.8. The number of rotatable bonds is 7. The van der Waals surface area contributed by atoms with Crippen LogP contribution in [-0.2, 0) is 16.6 Å². The number of ether oxygens (including phenoxy) is 1. The SMILES string of the molecule is COc1ccc2c(c1)[C@@]1(C)CCN(C)C(C2)[C@@]1(C)CCC(=O)CCC(C)C. The van der Waals surface area contributed by atoms with E-state index >= 15 is 0 Å². The van der Waals surface area contributed by atoms with Crippen LogP contribution in [0.2, 0.25) is 0 Å². The lowest BCUT2D eigenvalue weighted by Crippen LogP contribution is -2.64. The summed E-state index contributed by atoms with van der Waals surface area (Å²) in [4.78, 5) is 15.1. The molecule has 1 heterocycles. The molecule has 2 bridgehead atoms. The van der Waals surface area contributed by atoms with Gasteiger partial charge in [0.05, 0.1) is 7.11 Å². The molecule has 3 atom stereocenters. The Morgan fingerprint density at radius 3 is 2.70 bits per heavy atom. The first-order valence-corrected chi connectivity index (χ1v) is 10.6. The molecule has 0 aromatic heterocycles. The van der Waals surface area contributed by atoms with Gasteiger partial charge < -0.3 is 9.64 Å².